The maximum atomic E-state index is 5.58. The van der Waals surface area contributed by atoms with Gasteiger partial charge in [-0.2, -0.15) is 5.10 Å². The Morgan fingerprint density at radius 1 is 0.697 bits per heavy atom. The second kappa shape index (κ2) is 8.39. The summed E-state index contributed by atoms with van der Waals surface area (Å²) in [6, 6.07) is 22.3. The van der Waals surface area contributed by atoms with Crippen molar-refractivity contribution in [1.29, 1.82) is 0 Å². The number of hydrogen-bond donors (Lipinski definition) is 0. The second-order valence-electron chi connectivity index (χ2n) is 7.98. The Morgan fingerprint density at radius 2 is 1.33 bits per heavy atom. The zero-order chi connectivity index (χ0) is 22.9. The number of aryl methyl sites for hydroxylation is 2. The molecule has 0 atom stereocenters. The summed E-state index contributed by atoms with van der Waals surface area (Å²) in [7, 11) is 3.27. The summed E-state index contributed by atoms with van der Waals surface area (Å²) < 4.78 is 12.6. The van der Waals surface area contributed by atoms with Crippen molar-refractivity contribution < 1.29 is 9.47 Å². The first-order valence-corrected chi connectivity index (χ1v) is 10.7. The first kappa shape index (κ1) is 20.7. The molecule has 0 N–H and O–H groups in total. The molecule has 0 unspecified atom stereocenters. The van der Waals surface area contributed by atoms with Gasteiger partial charge in [-0.1, -0.05) is 59.7 Å². The molecular weight excluding hydrogens is 412 g/mol. The number of ether oxygens (including phenoxy) is 2. The molecule has 0 bridgehead atoms. The van der Waals surface area contributed by atoms with E-state index in [9.17, 15) is 0 Å². The first-order chi connectivity index (χ1) is 16.1. The van der Waals surface area contributed by atoms with Crippen LogP contribution < -0.4 is 9.47 Å². The van der Waals surface area contributed by atoms with Crippen LogP contribution in [0.5, 0.6) is 11.5 Å². The van der Waals surface area contributed by atoms with Gasteiger partial charge in [0.05, 0.1) is 26.1 Å². The summed E-state index contributed by atoms with van der Waals surface area (Å²) >= 11 is 0. The number of aromatic nitrogens is 4. The fraction of sp³-hybridized carbons (Fsp3) is 0.148. The molecule has 0 saturated heterocycles. The van der Waals surface area contributed by atoms with E-state index in [2.05, 4.69) is 62.4 Å². The Labute approximate surface area is 192 Å². The lowest BCUT2D eigenvalue weighted by Crippen LogP contribution is -2.01. The van der Waals surface area contributed by atoms with E-state index >= 15 is 0 Å². The quantitative estimate of drug-likeness (QED) is 0.351. The van der Waals surface area contributed by atoms with Crippen molar-refractivity contribution in [3.63, 3.8) is 0 Å². The van der Waals surface area contributed by atoms with Gasteiger partial charge < -0.3 is 9.47 Å². The van der Waals surface area contributed by atoms with E-state index in [-0.39, 0.29) is 0 Å². The third-order valence-electron chi connectivity index (χ3n) is 5.65. The molecule has 3 aromatic carbocycles. The SMILES string of the molecule is COc1ccc(-c2cn3nc(-c4ccc(C)cc4)c(-c4ccc(C)cc4)nc3n2)c(OC)c1. The molecule has 164 valence electrons. The molecule has 0 saturated carbocycles. The van der Waals surface area contributed by atoms with Crippen LogP contribution in [0.2, 0.25) is 0 Å². The van der Waals surface area contributed by atoms with Crippen LogP contribution in [0.25, 0.3) is 39.5 Å². The van der Waals surface area contributed by atoms with Crippen molar-refractivity contribution in [3.8, 4) is 45.3 Å². The van der Waals surface area contributed by atoms with Gasteiger partial charge in [-0.05, 0) is 26.0 Å². The van der Waals surface area contributed by atoms with Gasteiger partial charge in [-0.3, -0.25) is 0 Å². The molecule has 2 aromatic heterocycles. The molecule has 0 radical (unpaired) electrons. The summed E-state index contributed by atoms with van der Waals surface area (Å²) in [4.78, 5) is 9.70. The largest absolute Gasteiger partial charge is 0.497 e. The van der Waals surface area contributed by atoms with E-state index in [1.54, 1.807) is 18.7 Å². The van der Waals surface area contributed by atoms with Gasteiger partial charge in [0.2, 0.25) is 0 Å². The zero-order valence-electron chi connectivity index (χ0n) is 19.0. The topological polar surface area (TPSA) is 61.5 Å². The third kappa shape index (κ3) is 3.91. The Balaban J connectivity index is 1.71. The van der Waals surface area contributed by atoms with Gasteiger partial charge in [-0.25, -0.2) is 14.5 Å². The lowest BCUT2D eigenvalue weighted by Gasteiger charge is -2.09. The molecule has 0 aliphatic rings. The normalized spacial score (nSPS) is 11.0. The van der Waals surface area contributed by atoms with Crippen molar-refractivity contribution in [2.75, 3.05) is 14.2 Å². The highest BCUT2D eigenvalue weighted by Crippen LogP contribution is 2.34. The van der Waals surface area contributed by atoms with Gasteiger partial charge in [-0.15, -0.1) is 0 Å². The highest BCUT2D eigenvalue weighted by molar-refractivity contribution is 5.79. The minimum Gasteiger partial charge on any atom is -0.497 e. The Morgan fingerprint density at radius 3 is 1.94 bits per heavy atom. The number of rotatable bonds is 5. The van der Waals surface area contributed by atoms with Gasteiger partial charge in [0.1, 0.15) is 22.9 Å². The van der Waals surface area contributed by atoms with Crippen LogP contribution in [0, 0.1) is 13.8 Å². The molecule has 2 heterocycles. The lowest BCUT2D eigenvalue weighted by molar-refractivity contribution is 0.395. The monoisotopic (exact) mass is 436 g/mol. The van der Waals surface area contributed by atoms with Crippen molar-refractivity contribution >= 4 is 5.78 Å². The van der Waals surface area contributed by atoms with Crippen molar-refractivity contribution in [2.24, 2.45) is 0 Å². The molecule has 0 aliphatic carbocycles. The molecule has 0 spiro atoms. The van der Waals surface area contributed by atoms with E-state index in [1.165, 1.54) is 11.1 Å². The molecule has 6 nitrogen and oxygen atoms in total. The molecule has 6 heteroatoms. The predicted octanol–water partition coefficient (Wildman–Crippen LogP) is 5.76. The predicted molar refractivity (Wildman–Crippen MR) is 130 cm³/mol. The van der Waals surface area contributed by atoms with Crippen molar-refractivity contribution in [2.45, 2.75) is 13.8 Å². The first-order valence-electron chi connectivity index (χ1n) is 10.7. The summed E-state index contributed by atoms with van der Waals surface area (Å²) in [5, 5.41) is 4.94. The maximum absolute atomic E-state index is 5.58. The lowest BCUT2D eigenvalue weighted by atomic mass is 10.0. The van der Waals surface area contributed by atoms with Crippen molar-refractivity contribution in [1.82, 2.24) is 19.6 Å². The summed E-state index contributed by atoms with van der Waals surface area (Å²) in [5.41, 5.74) is 7.56. The number of imidazole rings is 1. The Bertz CT molecular complexity index is 1360. The number of methoxy groups -OCH3 is 2. The highest BCUT2D eigenvalue weighted by Gasteiger charge is 2.17. The van der Waals surface area contributed by atoms with Gasteiger partial charge in [0.15, 0.2) is 0 Å². The molecule has 0 amide bonds. The molecule has 0 fully saturated rings. The van der Waals surface area contributed by atoms with E-state index < -0.39 is 0 Å². The number of nitrogens with zero attached hydrogens (tertiary/aromatic N) is 4. The van der Waals surface area contributed by atoms with Gasteiger partial charge >= 0.3 is 0 Å². The summed E-state index contributed by atoms with van der Waals surface area (Å²) in [6.07, 6.45) is 1.88. The smallest absolute Gasteiger partial charge is 0.251 e. The van der Waals surface area contributed by atoms with Crippen LogP contribution in [-0.2, 0) is 0 Å². The Kier molecular flexibility index (Phi) is 5.26. The van der Waals surface area contributed by atoms with Gasteiger partial charge in [0.25, 0.3) is 5.78 Å². The molecule has 5 rings (SSSR count). The fourth-order valence-electron chi connectivity index (χ4n) is 3.78. The van der Waals surface area contributed by atoms with Crippen LogP contribution in [0.15, 0.2) is 72.9 Å². The van der Waals surface area contributed by atoms with Crippen LogP contribution in [0.1, 0.15) is 11.1 Å². The van der Waals surface area contributed by atoms with Crippen LogP contribution >= 0.6 is 0 Å². The highest BCUT2D eigenvalue weighted by atomic mass is 16.5. The van der Waals surface area contributed by atoms with Crippen LogP contribution in [-0.4, -0.2) is 33.8 Å². The third-order valence-corrected chi connectivity index (χ3v) is 5.65. The minimum absolute atomic E-state index is 0.523. The average Bonchev–Trinajstić information content (AvgIpc) is 3.26. The number of fused-ring (bicyclic) bond motifs is 1. The van der Waals surface area contributed by atoms with Crippen molar-refractivity contribution in [3.05, 3.63) is 84.1 Å². The van der Waals surface area contributed by atoms with E-state index in [4.69, 9.17) is 24.5 Å². The fourth-order valence-corrected chi connectivity index (χ4v) is 3.78. The average molecular weight is 437 g/mol. The minimum atomic E-state index is 0.523. The molecular formula is C27H24N4O2. The van der Waals surface area contributed by atoms with Crippen LogP contribution in [0.4, 0.5) is 0 Å². The van der Waals surface area contributed by atoms with Crippen LogP contribution in [0.3, 0.4) is 0 Å². The van der Waals surface area contributed by atoms with E-state index in [0.717, 1.165) is 39.5 Å². The number of benzene rings is 3. The molecule has 0 aliphatic heterocycles. The molecule has 33 heavy (non-hydrogen) atoms. The van der Waals surface area contributed by atoms with E-state index in [1.807, 2.05) is 24.4 Å². The maximum Gasteiger partial charge on any atom is 0.251 e. The Hall–Kier alpha value is -4.19. The second-order valence-corrected chi connectivity index (χ2v) is 7.98. The molecule has 5 aromatic rings. The summed E-state index contributed by atoms with van der Waals surface area (Å²) in [6.45, 7) is 4.15. The number of hydrogen-bond acceptors (Lipinski definition) is 5. The van der Waals surface area contributed by atoms with Gasteiger partial charge in [0, 0.05) is 22.8 Å². The standard InChI is InChI=1S/C27H24N4O2/c1-17-5-9-19(10-6-17)25-26(20-11-7-18(2)8-12-20)30-31-16-23(28-27(31)29-25)22-14-13-21(32-3)15-24(22)33-4/h5-16H,1-4H3. The zero-order valence-corrected chi connectivity index (χ0v) is 19.0. The summed E-state index contributed by atoms with van der Waals surface area (Å²) in [5.74, 6) is 1.92. The van der Waals surface area contributed by atoms with E-state index in [0.29, 0.717) is 11.5 Å².